The molecule has 27 heavy (non-hydrogen) atoms. The quantitative estimate of drug-likeness (QED) is 0.377. The molecule has 1 aliphatic heterocycles. The number of thiocarbonyl (C=S) groups is 1. The number of likely N-dealkylation sites (N-methyl/N-ethyl adjacent to an activating group) is 1. The van der Waals surface area contributed by atoms with E-state index < -0.39 is 0 Å². The Balaban J connectivity index is 1.62. The zero-order valence-electron chi connectivity index (χ0n) is 14.9. The van der Waals surface area contributed by atoms with Gasteiger partial charge in [0.2, 0.25) is 0 Å². The summed E-state index contributed by atoms with van der Waals surface area (Å²) in [7, 11) is 1.68. The smallest absolute Gasteiger partial charge is 0.265 e. The number of ether oxygens (including phenoxy) is 2. The molecule has 2 aromatic carbocycles. The van der Waals surface area contributed by atoms with Gasteiger partial charge in [0.15, 0.2) is 0 Å². The Labute approximate surface area is 173 Å². The molecule has 0 aromatic heterocycles. The molecule has 0 saturated carbocycles. The second-order valence-corrected chi connectivity index (χ2v) is 7.97. The number of carbonyl (C=O) groups excluding carboxylic acids is 1. The highest BCUT2D eigenvalue weighted by molar-refractivity contribution is 8.26. The molecule has 0 atom stereocenters. The molecule has 0 radical (unpaired) electrons. The maximum atomic E-state index is 12.2. The molecule has 4 nitrogen and oxygen atoms in total. The number of para-hydroxylation sites is 1. The largest absolute Gasteiger partial charge is 0.490 e. The van der Waals surface area contributed by atoms with Gasteiger partial charge in [-0.05, 0) is 42.8 Å². The average Bonchev–Trinajstić information content (AvgIpc) is 2.89. The van der Waals surface area contributed by atoms with Crippen LogP contribution in [0.5, 0.6) is 11.5 Å². The van der Waals surface area contributed by atoms with Gasteiger partial charge in [0, 0.05) is 17.6 Å². The van der Waals surface area contributed by atoms with E-state index in [1.165, 1.54) is 16.7 Å². The van der Waals surface area contributed by atoms with E-state index in [9.17, 15) is 4.79 Å². The van der Waals surface area contributed by atoms with Crippen LogP contribution < -0.4 is 9.47 Å². The minimum atomic E-state index is -0.0961. The van der Waals surface area contributed by atoms with Crippen LogP contribution in [0.2, 0.25) is 5.02 Å². The van der Waals surface area contributed by atoms with Gasteiger partial charge in [-0.15, -0.1) is 0 Å². The van der Waals surface area contributed by atoms with Crippen molar-refractivity contribution in [2.45, 2.75) is 6.92 Å². The molecular weight excluding hydrogens is 402 g/mol. The molecule has 0 N–H and O–H groups in total. The van der Waals surface area contributed by atoms with Crippen molar-refractivity contribution >= 4 is 51.9 Å². The van der Waals surface area contributed by atoms with E-state index >= 15 is 0 Å². The van der Waals surface area contributed by atoms with E-state index in [1.54, 1.807) is 7.05 Å². The standard InChI is InChI=1S/C20H18ClNO3S2/c1-13-11-15(7-8-16(13)21)24-9-10-25-17-6-4-3-5-14(17)12-18-19(23)22(2)20(26)27-18/h3-8,11-12H,9-10H2,1-2H3. The summed E-state index contributed by atoms with van der Waals surface area (Å²) in [6, 6.07) is 13.1. The Morgan fingerprint density at radius 3 is 2.63 bits per heavy atom. The van der Waals surface area contributed by atoms with Crippen LogP contribution in [0.15, 0.2) is 47.4 Å². The van der Waals surface area contributed by atoms with Crippen LogP contribution in [0.1, 0.15) is 11.1 Å². The van der Waals surface area contributed by atoms with E-state index in [-0.39, 0.29) is 5.91 Å². The topological polar surface area (TPSA) is 38.8 Å². The summed E-state index contributed by atoms with van der Waals surface area (Å²) in [6.07, 6.45) is 1.81. The lowest BCUT2D eigenvalue weighted by atomic mass is 10.2. The summed E-state index contributed by atoms with van der Waals surface area (Å²) in [5.74, 6) is 1.34. The van der Waals surface area contributed by atoms with E-state index in [2.05, 4.69) is 0 Å². The number of nitrogens with zero attached hydrogens (tertiary/aromatic N) is 1. The summed E-state index contributed by atoms with van der Waals surface area (Å²) < 4.78 is 12.1. The van der Waals surface area contributed by atoms with Crippen molar-refractivity contribution < 1.29 is 14.3 Å². The summed E-state index contributed by atoms with van der Waals surface area (Å²) in [5, 5.41) is 0.713. The number of hydrogen-bond donors (Lipinski definition) is 0. The Bertz CT molecular complexity index is 914. The Kier molecular flexibility index (Phi) is 6.42. The summed E-state index contributed by atoms with van der Waals surface area (Å²) in [5.41, 5.74) is 1.79. The first kappa shape index (κ1) is 19.7. The van der Waals surface area contributed by atoms with Crippen molar-refractivity contribution in [2.24, 2.45) is 0 Å². The molecule has 1 aliphatic rings. The van der Waals surface area contributed by atoms with Gasteiger partial charge in [0.05, 0.1) is 4.91 Å². The zero-order valence-corrected chi connectivity index (χ0v) is 17.3. The summed E-state index contributed by atoms with van der Waals surface area (Å²) in [6.45, 7) is 2.70. The van der Waals surface area contributed by atoms with Gasteiger partial charge in [-0.1, -0.05) is 53.8 Å². The molecule has 1 heterocycles. The first-order chi connectivity index (χ1) is 13.0. The third-order valence-electron chi connectivity index (χ3n) is 3.93. The highest BCUT2D eigenvalue weighted by Gasteiger charge is 2.28. The normalized spacial score (nSPS) is 15.5. The van der Waals surface area contributed by atoms with Crippen molar-refractivity contribution in [3.63, 3.8) is 0 Å². The van der Waals surface area contributed by atoms with Gasteiger partial charge in [0.25, 0.3) is 5.91 Å². The fourth-order valence-electron chi connectivity index (χ4n) is 2.44. The molecule has 1 amide bonds. The number of rotatable bonds is 6. The van der Waals surface area contributed by atoms with Crippen molar-refractivity contribution in [3.8, 4) is 11.5 Å². The Morgan fingerprint density at radius 1 is 1.19 bits per heavy atom. The molecule has 7 heteroatoms. The maximum Gasteiger partial charge on any atom is 0.265 e. The van der Waals surface area contributed by atoms with Crippen LogP contribution in [0.3, 0.4) is 0 Å². The van der Waals surface area contributed by atoms with Gasteiger partial charge in [0.1, 0.15) is 29.0 Å². The van der Waals surface area contributed by atoms with Crippen LogP contribution in [0.4, 0.5) is 0 Å². The Hall–Kier alpha value is -2.02. The molecule has 0 unspecified atom stereocenters. The van der Waals surface area contributed by atoms with Crippen LogP contribution in [-0.2, 0) is 4.79 Å². The van der Waals surface area contributed by atoms with E-state index in [0.717, 1.165) is 16.9 Å². The molecule has 0 aliphatic carbocycles. The lowest BCUT2D eigenvalue weighted by Gasteiger charge is -2.11. The number of carbonyl (C=O) groups is 1. The van der Waals surface area contributed by atoms with Crippen LogP contribution >= 0.6 is 35.6 Å². The third-order valence-corrected chi connectivity index (χ3v) is 5.84. The van der Waals surface area contributed by atoms with Gasteiger partial charge < -0.3 is 9.47 Å². The molecule has 2 aromatic rings. The number of aryl methyl sites for hydroxylation is 1. The molecular formula is C20H18ClNO3S2. The molecule has 0 spiro atoms. The number of benzene rings is 2. The van der Waals surface area contributed by atoms with Crippen molar-refractivity contribution in [1.82, 2.24) is 4.90 Å². The zero-order chi connectivity index (χ0) is 19.4. The molecule has 3 rings (SSSR count). The fraction of sp³-hybridized carbons (Fsp3) is 0.200. The molecule has 0 bridgehead atoms. The first-order valence-electron chi connectivity index (χ1n) is 8.28. The van der Waals surface area contributed by atoms with E-state index in [0.29, 0.717) is 33.2 Å². The number of thioether (sulfide) groups is 1. The third kappa shape index (κ3) is 4.83. The average molecular weight is 420 g/mol. The minimum Gasteiger partial charge on any atom is -0.490 e. The Morgan fingerprint density at radius 2 is 1.93 bits per heavy atom. The summed E-state index contributed by atoms with van der Waals surface area (Å²) in [4.78, 5) is 14.2. The highest BCUT2D eigenvalue weighted by atomic mass is 35.5. The monoisotopic (exact) mass is 419 g/mol. The van der Waals surface area contributed by atoms with Gasteiger partial charge >= 0.3 is 0 Å². The SMILES string of the molecule is Cc1cc(OCCOc2ccccc2C=C2SC(=S)N(C)C2=O)ccc1Cl. The lowest BCUT2D eigenvalue weighted by molar-refractivity contribution is -0.121. The fourth-order valence-corrected chi connectivity index (χ4v) is 3.72. The number of hydrogen-bond acceptors (Lipinski definition) is 5. The predicted molar refractivity (Wildman–Crippen MR) is 115 cm³/mol. The van der Waals surface area contributed by atoms with Gasteiger partial charge in [-0.2, -0.15) is 0 Å². The maximum absolute atomic E-state index is 12.2. The van der Waals surface area contributed by atoms with Crippen LogP contribution in [-0.4, -0.2) is 35.4 Å². The second kappa shape index (κ2) is 8.78. The number of amides is 1. The number of halogens is 1. The van der Waals surface area contributed by atoms with E-state index in [4.69, 9.17) is 33.3 Å². The highest BCUT2D eigenvalue weighted by Crippen LogP contribution is 2.33. The molecule has 140 valence electrons. The summed E-state index contributed by atoms with van der Waals surface area (Å²) >= 11 is 12.5. The van der Waals surface area contributed by atoms with Crippen molar-refractivity contribution in [1.29, 1.82) is 0 Å². The predicted octanol–water partition coefficient (Wildman–Crippen LogP) is 4.94. The first-order valence-corrected chi connectivity index (χ1v) is 9.88. The molecule has 1 fully saturated rings. The van der Waals surface area contributed by atoms with E-state index in [1.807, 2.05) is 55.5 Å². The van der Waals surface area contributed by atoms with Gasteiger partial charge in [-0.25, -0.2) is 0 Å². The van der Waals surface area contributed by atoms with Crippen LogP contribution in [0, 0.1) is 6.92 Å². The molecule has 1 saturated heterocycles. The minimum absolute atomic E-state index is 0.0961. The lowest BCUT2D eigenvalue weighted by Crippen LogP contribution is -2.22. The second-order valence-electron chi connectivity index (χ2n) is 5.89. The van der Waals surface area contributed by atoms with Crippen molar-refractivity contribution in [3.05, 3.63) is 63.5 Å². The van der Waals surface area contributed by atoms with Crippen LogP contribution in [0.25, 0.3) is 6.08 Å². The van der Waals surface area contributed by atoms with Gasteiger partial charge in [-0.3, -0.25) is 9.69 Å². The van der Waals surface area contributed by atoms with Crippen molar-refractivity contribution in [2.75, 3.05) is 20.3 Å².